The number of rotatable bonds is 4. The van der Waals surface area contributed by atoms with Crippen molar-refractivity contribution in [3.8, 4) is 45.5 Å². The molecule has 0 aliphatic rings. The molecule has 0 saturated heterocycles. The first-order valence-electron chi connectivity index (χ1n) is 13.1. The summed E-state index contributed by atoms with van der Waals surface area (Å²) in [5.41, 5.74) is 6.30. The third kappa shape index (κ3) is 3.84. The van der Waals surface area contributed by atoms with E-state index in [-0.39, 0.29) is 0 Å². The summed E-state index contributed by atoms with van der Waals surface area (Å²) < 4.78 is 12.1. The monoisotopic (exact) mass is 515 g/mol. The summed E-state index contributed by atoms with van der Waals surface area (Å²) in [4.78, 5) is 14.7. The number of hydrogen-bond donors (Lipinski definition) is 0. The van der Waals surface area contributed by atoms with Crippen LogP contribution in [0, 0.1) is 0 Å². The van der Waals surface area contributed by atoms with Crippen molar-refractivity contribution in [1.82, 2.24) is 15.0 Å². The van der Waals surface area contributed by atoms with Gasteiger partial charge < -0.3 is 8.83 Å². The molecule has 0 amide bonds. The molecule has 0 fully saturated rings. The van der Waals surface area contributed by atoms with Gasteiger partial charge in [0.15, 0.2) is 17.5 Å². The molecule has 0 bridgehead atoms. The third-order valence-electron chi connectivity index (χ3n) is 7.16. The largest absolute Gasteiger partial charge is 0.456 e. The molecule has 3 heterocycles. The van der Waals surface area contributed by atoms with Gasteiger partial charge in [-0.05, 0) is 36.4 Å². The van der Waals surface area contributed by atoms with Gasteiger partial charge in [-0.25, -0.2) is 15.0 Å². The fraction of sp³-hybridized carbons (Fsp3) is 0. The number of fused-ring (bicyclic) bond motifs is 4. The second-order valence-corrected chi connectivity index (χ2v) is 9.71. The lowest BCUT2D eigenvalue weighted by atomic mass is 10.1. The lowest BCUT2D eigenvalue weighted by Crippen LogP contribution is -2.00. The first kappa shape index (κ1) is 22.4. The van der Waals surface area contributed by atoms with Crippen molar-refractivity contribution in [1.29, 1.82) is 0 Å². The molecule has 0 N–H and O–H groups in total. The number of nitrogens with zero attached hydrogens (tertiary/aromatic N) is 3. The molecule has 8 rings (SSSR count). The van der Waals surface area contributed by atoms with Gasteiger partial charge in [-0.2, -0.15) is 0 Å². The molecule has 5 heteroatoms. The maximum atomic E-state index is 6.06. The van der Waals surface area contributed by atoms with E-state index in [2.05, 4.69) is 24.3 Å². The summed E-state index contributed by atoms with van der Waals surface area (Å²) in [7, 11) is 0. The van der Waals surface area contributed by atoms with Gasteiger partial charge in [0.1, 0.15) is 22.5 Å². The van der Waals surface area contributed by atoms with Crippen LogP contribution in [0.5, 0.6) is 0 Å². The summed E-state index contributed by atoms with van der Waals surface area (Å²) in [5.74, 6) is 2.67. The van der Waals surface area contributed by atoms with Crippen LogP contribution in [0.2, 0.25) is 0 Å². The second-order valence-electron chi connectivity index (χ2n) is 9.71. The van der Waals surface area contributed by atoms with E-state index in [0.717, 1.165) is 60.9 Å². The Morgan fingerprint density at radius 2 is 0.950 bits per heavy atom. The zero-order valence-corrected chi connectivity index (χ0v) is 21.3. The molecule has 40 heavy (non-hydrogen) atoms. The van der Waals surface area contributed by atoms with E-state index in [1.807, 2.05) is 103 Å². The van der Waals surface area contributed by atoms with Crippen LogP contribution in [0.1, 0.15) is 0 Å². The van der Waals surface area contributed by atoms with Crippen LogP contribution in [0.3, 0.4) is 0 Å². The van der Waals surface area contributed by atoms with Crippen molar-refractivity contribution in [3.63, 3.8) is 0 Å². The number of benzene rings is 5. The summed E-state index contributed by atoms with van der Waals surface area (Å²) >= 11 is 0. The van der Waals surface area contributed by atoms with Crippen LogP contribution in [0.15, 0.2) is 136 Å². The highest BCUT2D eigenvalue weighted by atomic mass is 16.3. The lowest BCUT2D eigenvalue weighted by Gasteiger charge is -2.09. The van der Waals surface area contributed by atoms with Crippen LogP contribution in [-0.2, 0) is 0 Å². The molecule has 0 saturated carbocycles. The highest BCUT2D eigenvalue weighted by Gasteiger charge is 2.15. The van der Waals surface area contributed by atoms with Crippen molar-refractivity contribution in [2.45, 2.75) is 0 Å². The van der Waals surface area contributed by atoms with Gasteiger partial charge in [-0.1, -0.05) is 91.0 Å². The topological polar surface area (TPSA) is 65.0 Å². The zero-order chi connectivity index (χ0) is 26.5. The molecule has 0 aliphatic carbocycles. The van der Waals surface area contributed by atoms with Gasteiger partial charge in [0.05, 0.1) is 0 Å². The first-order chi connectivity index (χ1) is 19.8. The van der Waals surface area contributed by atoms with Gasteiger partial charge in [-0.3, -0.25) is 0 Å². The van der Waals surface area contributed by atoms with E-state index in [1.165, 1.54) is 0 Å². The van der Waals surface area contributed by atoms with Gasteiger partial charge in [-0.15, -0.1) is 0 Å². The maximum Gasteiger partial charge on any atom is 0.164 e. The van der Waals surface area contributed by atoms with Crippen LogP contribution in [0.4, 0.5) is 0 Å². The van der Waals surface area contributed by atoms with Crippen LogP contribution in [-0.4, -0.2) is 15.0 Å². The van der Waals surface area contributed by atoms with Crippen LogP contribution >= 0.6 is 0 Å². The molecule has 3 aromatic heterocycles. The molecule has 0 spiro atoms. The predicted octanol–water partition coefficient (Wildman–Crippen LogP) is 9.19. The van der Waals surface area contributed by atoms with E-state index in [0.29, 0.717) is 17.5 Å². The van der Waals surface area contributed by atoms with Crippen LogP contribution in [0.25, 0.3) is 78.4 Å². The van der Waals surface area contributed by atoms with Crippen molar-refractivity contribution in [2.24, 2.45) is 0 Å². The Morgan fingerprint density at radius 3 is 1.73 bits per heavy atom. The highest BCUT2D eigenvalue weighted by molar-refractivity contribution is 6.06. The Labute approximate surface area is 229 Å². The minimum atomic E-state index is 0.608. The van der Waals surface area contributed by atoms with Crippen molar-refractivity contribution in [3.05, 3.63) is 127 Å². The Hall–Kier alpha value is -5.55. The van der Waals surface area contributed by atoms with Gasteiger partial charge >= 0.3 is 0 Å². The summed E-state index contributed by atoms with van der Waals surface area (Å²) in [6.07, 6.45) is 0. The Kier molecular flexibility index (Phi) is 5.07. The molecule has 0 atom stereocenters. The fourth-order valence-corrected chi connectivity index (χ4v) is 5.12. The Balaban J connectivity index is 1.25. The normalized spacial score (nSPS) is 11.5. The quantitative estimate of drug-likeness (QED) is 0.234. The smallest absolute Gasteiger partial charge is 0.164 e. The minimum absolute atomic E-state index is 0.608. The molecule has 5 aromatic carbocycles. The van der Waals surface area contributed by atoms with E-state index in [1.54, 1.807) is 0 Å². The Morgan fingerprint density at radius 1 is 0.375 bits per heavy atom. The molecule has 8 aromatic rings. The number of furan rings is 2. The fourth-order valence-electron chi connectivity index (χ4n) is 5.12. The highest BCUT2D eigenvalue weighted by Crippen LogP contribution is 2.33. The van der Waals surface area contributed by atoms with Gasteiger partial charge in [0.2, 0.25) is 0 Å². The van der Waals surface area contributed by atoms with Crippen molar-refractivity contribution < 1.29 is 8.83 Å². The molecule has 188 valence electrons. The molecule has 5 nitrogen and oxygen atoms in total. The van der Waals surface area contributed by atoms with E-state index >= 15 is 0 Å². The zero-order valence-electron chi connectivity index (χ0n) is 21.3. The van der Waals surface area contributed by atoms with Gasteiger partial charge in [0.25, 0.3) is 0 Å². The summed E-state index contributed by atoms with van der Waals surface area (Å²) in [5, 5.41) is 3.18. The van der Waals surface area contributed by atoms with E-state index < -0.39 is 0 Å². The molecular weight excluding hydrogens is 494 g/mol. The molecule has 0 radical (unpaired) electrons. The average Bonchev–Trinajstić information content (AvgIpc) is 3.63. The lowest BCUT2D eigenvalue weighted by molar-refractivity contribution is 0.631. The standard InChI is InChI=1S/C35H21N3O2/c1-2-8-23(9-3-1)33-36-34(24-16-14-22(15-17-24)32-21-25-10-4-6-12-29(25)39-32)38-35(37-33)26-18-19-31-28(20-26)27-11-5-7-13-30(27)40-31/h1-21H. The number of hydrogen-bond acceptors (Lipinski definition) is 5. The third-order valence-corrected chi connectivity index (χ3v) is 7.16. The van der Waals surface area contributed by atoms with Crippen molar-refractivity contribution in [2.75, 3.05) is 0 Å². The van der Waals surface area contributed by atoms with Crippen molar-refractivity contribution >= 4 is 32.9 Å². The number of para-hydroxylation sites is 2. The summed E-state index contributed by atoms with van der Waals surface area (Å²) in [6, 6.07) is 42.4. The SMILES string of the molecule is c1ccc(-c2nc(-c3ccc(-c4cc5ccccc5o4)cc3)nc(-c3ccc4oc5ccccc5c4c3)n2)cc1. The van der Waals surface area contributed by atoms with Gasteiger partial charge in [0, 0.05) is 38.4 Å². The van der Waals surface area contributed by atoms with E-state index in [9.17, 15) is 0 Å². The number of aromatic nitrogens is 3. The summed E-state index contributed by atoms with van der Waals surface area (Å²) in [6.45, 7) is 0. The average molecular weight is 516 g/mol. The second kappa shape index (κ2) is 9.03. The predicted molar refractivity (Wildman–Crippen MR) is 159 cm³/mol. The van der Waals surface area contributed by atoms with Crippen LogP contribution < -0.4 is 0 Å². The first-order valence-corrected chi connectivity index (χ1v) is 13.1. The minimum Gasteiger partial charge on any atom is -0.456 e. The molecule has 0 unspecified atom stereocenters. The van der Waals surface area contributed by atoms with E-state index in [4.69, 9.17) is 23.8 Å². The maximum absolute atomic E-state index is 6.06. The molecular formula is C35H21N3O2. The Bertz CT molecular complexity index is 2130. The molecule has 0 aliphatic heterocycles.